The largest absolute Gasteiger partial charge is 0.379 e. The summed E-state index contributed by atoms with van der Waals surface area (Å²) in [5.41, 5.74) is 1.06. The van der Waals surface area contributed by atoms with Crippen LogP contribution in [0.25, 0.3) is 0 Å². The molecule has 2 heterocycles. The Bertz CT molecular complexity index is 789. The molecule has 1 aromatic heterocycles. The number of morpholine rings is 1. The smallest absolute Gasteiger partial charge is 0.286 e. The maximum atomic E-state index is 12.3. The number of aromatic nitrogens is 2. The first-order valence-electron chi connectivity index (χ1n) is 8.91. The van der Waals surface area contributed by atoms with Gasteiger partial charge in [0, 0.05) is 30.9 Å². The lowest BCUT2D eigenvalue weighted by Crippen LogP contribution is -2.38. The topological polar surface area (TPSA) is 96.5 Å². The quantitative estimate of drug-likeness (QED) is 0.698. The summed E-state index contributed by atoms with van der Waals surface area (Å²) in [4.78, 5) is 26.8. The molecule has 1 saturated heterocycles. The normalized spacial score (nSPS) is 14.7. The molecular weight excluding hydrogens is 366 g/mol. The van der Waals surface area contributed by atoms with Crippen molar-refractivity contribution in [2.75, 3.05) is 44.7 Å². The molecule has 1 aliphatic rings. The molecule has 2 amide bonds. The second kappa shape index (κ2) is 9.54. The molecule has 0 aliphatic carbocycles. The predicted octanol–water partition coefficient (Wildman–Crippen LogP) is 1.55. The van der Waals surface area contributed by atoms with Gasteiger partial charge in [0.15, 0.2) is 0 Å². The lowest BCUT2D eigenvalue weighted by molar-refractivity contribution is 0.0374. The van der Waals surface area contributed by atoms with Crippen molar-refractivity contribution >= 4 is 28.8 Å². The van der Waals surface area contributed by atoms with E-state index < -0.39 is 0 Å². The highest BCUT2D eigenvalue weighted by atomic mass is 32.1. The van der Waals surface area contributed by atoms with Crippen LogP contribution in [-0.4, -0.2) is 66.3 Å². The third-order valence-electron chi connectivity index (χ3n) is 4.14. The average molecular weight is 389 g/mol. The Balaban J connectivity index is 1.47. The summed E-state index contributed by atoms with van der Waals surface area (Å²) >= 11 is 1.23. The molecule has 2 N–H and O–H groups in total. The highest BCUT2D eigenvalue weighted by Gasteiger charge is 2.13. The Hall–Kier alpha value is -2.36. The van der Waals surface area contributed by atoms with Crippen molar-refractivity contribution in [3.8, 4) is 0 Å². The van der Waals surface area contributed by atoms with Crippen LogP contribution in [0.4, 0.5) is 5.69 Å². The fourth-order valence-corrected chi connectivity index (χ4v) is 3.33. The molecule has 0 radical (unpaired) electrons. The van der Waals surface area contributed by atoms with E-state index in [1.807, 2.05) is 0 Å². The molecule has 0 unspecified atom stereocenters. The molecule has 27 heavy (non-hydrogen) atoms. The second-order valence-corrected chi connectivity index (χ2v) is 7.41. The van der Waals surface area contributed by atoms with Crippen LogP contribution < -0.4 is 10.6 Å². The lowest BCUT2D eigenvalue weighted by atomic mass is 10.2. The van der Waals surface area contributed by atoms with E-state index in [9.17, 15) is 9.59 Å². The van der Waals surface area contributed by atoms with Crippen molar-refractivity contribution in [3.05, 3.63) is 39.8 Å². The molecule has 0 bridgehead atoms. The SMILES string of the molecule is Cc1nnc(C(=O)Nc2cccc(C(=O)NCCCN3CCOCC3)c2)s1. The van der Waals surface area contributed by atoms with E-state index in [0.29, 0.717) is 22.8 Å². The molecule has 2 aromatic rings. The van der Waals surface area contributed by atoms with E-state index >= 15 is 0 Å². The fourth-order valence-electron chi connectivity index (χ4n) is 2.74. The van der Waals surface area contributed by atoms with Crippen LogP contribution in [0.1, 0.15) is 31.6 Å². The fraction of sp³-hybridized carbons (Fsp3) is 0.444. The molecular formula is C18H23N5O3S. The highest BCUT2D eigenvalue weighted by Crippen LogP contribution is 2.14. The van der Waals surface area contributed by atoms with Gasteiger partial charge in [-0.05, 0) is 38.1 Å². The lowest BCUT2D eigenvalue weighted by Gasteiger charge is -2.26. The van der Waals surface area contributed by atoms with Crippen LogP contribution >= 0.6 is 11.3 Å². The minimum Gasteiger partial charge on any atom is -0.379 e. The van der Waals surface area contributed by atoms with Gasteiger partial charge in [-0.2, -0.15) is 0 Å². The number of nitrogens with one attached hydrogen (secondary N) is 2. The van der Waals surface area contributed by atoms with E-state index in [2.05, 4.69) is 25.7 Å². The van der Waals surface area contributed by atoms with E-state index in [1.54, 1.807) is 31.2 Å². The highest BCUT2D eigenvalue weighted by molar-refractivity contribution is 7.13. The summed E-state index contributed by atoms with van der Waals surface area (Å²) < 4.78 is 5.32. The summed E-state index contributed by atoms with van der Waals surface area (Å²) in [7, 11) is 0. The van der Waals surface area contributed by atoms with Crippen molar-refractivity contribution in [2.24, 2.45) is 0 Å². The van der Waals surface area contributed by atoms with Gasteiger partial charge in [-0.15, -0.1) is 10.2 Å². The summed E-state index contributed by atoms with van der Waals surface area (Å²) in [6.45, 7) is 6.80. The van der Waals surface area contributed by atoms with E-state index in [-0.39, 0.29) is 11.8 Å². The Morgan fingerprint density at radius 2 is 2.04 bits per heavy atom. The number of carbonyl (C=O) groups excluding carboxylic acids is 2. The van der Waals surface area contributed by atoms with Gasteiger partial charge in [-0.25, -0.2) is 0 Å². The summed E-state index contributed by atoms with van der Waals surface area (Å²) in [6.07, 6.45) is 0.887. The average Bonchev–Trinajstić information content (AvgIpc) is 3.13. The Labute approximate surface area is 161 Å². The number of amides is 2. The minimum absolute atomic E-state index is 0.153. The van der Waals surface area contributed by atoms with Gasteiger partial charge < -0.3 is 15.4 Å². The van der Waals surface area contributed by atoms with Gasteiger partial charge in [-0.3, -0.25) is 14.5 Å². The number of hydrogen-bond donors (Lipinski definition) is 2. The zero-order valence-electron chi connectivity index (χ0n) is 15.2. The van der Waals surface area contributed by atoms with Crippen LogP contribution in [0.5, 0.6) is 0 Å². The monoisotopic (exact) mass is 389 g/mol. The van der Waals surface area contributed by atoms with Crippen molar-refractivity contribution in [2.45, 2.75) is 13.3 Å². The molecule has 0 spiro atoms. The van der Waals surface area contributed by atoms with Crippen molar-refractivity contribution in [1.29, 1.82) is 0 Å². The third-order valence-corrected chi connectivity index (χ3v) is 4.98. The van der Waals surface area contributed by atoms with Gasteiger partial charge in [0.2, 0.25) is 5.01 Å². The van der Waals surface area contributed by atoms with Crippen molar-refractivity contribution in [3.63, 3.8) is 0 Å². The molecule has 0 saturated carbocycles. The summed E-state index contributed by atoms with van der Waals surface area (Å²) in [5, 5.41) is 14.4. The van der Waals surface area contributed by atoms with Gasteiger partial charge in [0.05, 0.1) is 13.2 Å². The van der Waals surface area contributed by atoms with E-state index in [4.69, 9.17) is 4.74 Å². The molecule has 1 aliphatic heterocycles. The van der Waals surface area contributed by atoms with Crippen molar-refractivity contribution in [1.82, 2.24) is 20.4 Å². The third kappa shape index (κ3) is 5.81. The zero-order chi connectivity index (χ0) is 19.1. The van der Waals surface area contributed by atoms with E-state index in [0.717, 1.165) is 44.3 Å². The van der Waals surface area contributed by atoms with Gasteiger partial charge in [0.1, 0.15) is 5.01 Å². The number of rotatable bonds is 7. The molecule has 144 valence electrons. The first kappa shape index (κ1) is 19.4. The molecule has 0 atom stereocenters. The zero-order valence-corrected chi connectivity index (χ0v) is 16.1. The number of aryl methyl sites for hydroxylation is 1. The van der Waals surface area contributed by atoms with Gasteiger partial charge in [0.25, 0.3) is 11.8 Å². The molecule has 3 rings (SSSR count). The molecule has 8 nitrogen and oxygen atoms in total. The molecule has 9 heteroatoms. The maximum absolute atomic E-state index is 12.3. The van der Waals surface area contributed by atoms with Crippen LogP contribution in [-0.2, 0) is 4.74 Å². The number of hydrogen-bond acceptors (Lipinski definition) is 7. The first-order valence-corrected chi connectivity index (χ1v) is 9.73. The summed E-state index contributed by atoms with van der Waals surface area (Å²) in [5.74, 6) is -0.483. The second-order valence-electron chi connectivity index (χ2n) is 6.22. The Morgan fingerprint density at radius 1 is 1.22 bits per heavy atom. The number of anilines is 1. The van der Waals surface area contributed by atoms with Crippen LogP contribution in [0.2, 0.25) is 0 Å². The Kier molecular flexibility index (Phi) is 6.86. The van der Waals surface area contributed by atoms with E-state index in [1.165, 1.54) is 11.3 Å². The molecule has 1 aromatic carbocycles. The predicted molar refractivity (Wildman–Crippen MR) is 103 cm³/mol. The minimum atomic E-state index is -0.330. The number of ether oxygens (including phenoxy) is 1. The summed E-state index contributed by atoms with van der Waals surface area (Å²) in [6, 6.07) is 6.86. The number of carbonyl (C=O) groups is 2. The number of benzene rings is 1. The molecule has 1 fully saturated rings. The Morgan fingerprint density at radius 3 is 2.78 bits per heavy atom. The van der Waals surface area contributed by atoms with Crippen LogP contribution in [0.15, 0.2) is 24.3 Å². The van der Waals surface area contributed by atoms with Crippen LogP contribution in [0.3, 0.4) is 0 Å². The van der Waals surface area contributed by atoms with Gasteiger partial charge >= 0.3 is 0 Å². The van der Waals surface area contributed by atoms with Gasteiger partial charge in [-0.1, -0.05) is 17.4 Å². The van der Waals surface area contributed by atoms with Crippen molar-refractivity contribution < 1.29 is 14.3 Å². The standard InChI is InChI=1S/C18H23N5O3S/c1-13-21-22-18(27-13)17(25)20-15-5-2-4-14(12-15)16(24)19-6-3-7-23-8-10-26-11-9-23/h2,4-5,12H,3,6-11H2,1H3,(H,19,24)(H,20,25). The first-order chi connectivity index (χ1) is 13.1. The maximum Gasteiger partial charge on any atom is 0.286 e. The van der Waals surface area contributed by atoms with Crippen LogP contribution in [0, 0.1) is 6.92 Å². The number of nitrogens with zero attached hydrogens (tertiary/aromatic N) is 3.